The van der Waals surface area contributed by atoms with Gasteiger partial charge in [0.2, 0.25) is 0 Å². The Balaban J connectivity index is 0.00000220. The molecule has 2 rings (SSSR count). The molecule has 0 amide bonds. The van der Waals surface area contributed by atoms with Crippen molar-refractivity contribution in [3.05, 3.63) is 35.1 Å². The van der Waals surface area contributed by atoms with Crippen LogP contribution in [0.15, 0.2) is 18.2 Å². The van der Waals surface area contributed by atoms with Crippen LogP contribution in [0, 0.1) is 12.7 Å². The Kier molecular flexibility index (Phi) is 8.69. The van der Waals surface area contributed by atoms with E-state index in [-0.39, 0.29) is 24.8 Å². The molecule has 0 spiro atoms. The van der Waals surface area contributed by atoms with Gasteiger partial charge >= 0.3 is 6.18 Å². The molecule has 1 aliphatic heterocycles. The average molecular weight is 363 g/mol. The van der Waals surface area contributed by atoms with Crippen molar-refractivity contribution in [3.63, 3.8) is 0 Å². The first kappa shape index (κ1) is 21.4. The number of alkyl halides is 3. The predicted molar refractivity (Wildman–Crippen MR) is 83.5 cm³/mol. The zero-order chi connectivity index (χ0) is 14.8. The Labute approximate surface area is 140 Å². The topological polar surface area (TPSA) is 15.3 Å². The molecule has 0 unspecified atom stereocenters. The summed E-state index contributed by atoms with van der Waals surface area (Å²) in [6.07, 6.45) is -5.22. The van der Waals surface area contributed by atoms with Crippen molar-refractivity contribution in [3.8, 4) is 0 Å². The van der Waals surface area contributed by atoms with E-state index >= 15 is 0 Å². The molecule has 1 heterocycles. The lowest BCUT2D eigenvalue weighted by Crippen LogP contribution is -2.46. The van der Waals surface area contributed by atoms with E-state index in [9.17, 15) is 17.6 Å². The molecule has 1 atom stereocenters. The quantitative estimate of drug-likeness (QED) is 0.821. The van der Waals surface area contributed by atoms with Crippen molar-refractivity contribution in [2.24, 2.45) is 0 Å². The van der Waals surface area contributed by atoms with E-state index in [4.69, 9.17) is 0 Å². The smallest absolute Gasteiger partial charge is 0.314 e. The van der Waals surface area contributed by atoms with Gasteiger partial charge in [0.25, 0.3) is 0 Å². The van der Waals surface area contributed by atoms with E-state index in [1.807, 2.05) is 0 Å². The van der Waals surface area contributed by atoms with Gasteiger partial charge in [-0.25, -0.2) is 4.39 Å². The van der Waals surface area contributed by atoms with Crippen molar-refractivity contribution in [1.82, 2.24) is 10.2 Å². The van der Waals surface area contributed by atoms with Gasteiger partial charge in [-0.05, 0) is 24.1 Å². The highest BCUT2D eigenvalue weighted by Crippen LogP contribution is 2.35. The first-order valence-corrected chi connectivity index (χ1v) is 6.65. The summed E-state index contributed by atoms with van der Waals surface area (Å²) in [5.74, 6) is -0.454. The molecule has 1 saturated heterocycles. The third-order valence-electron chi connectivity index (χ3n) is 3.69. The summed E-state index contributed by atoms with van der Waals surface area (Å²) in [7, 11) is 0. The van der Waals surface area contributed by atoms with Crippen LogP contribution in [-0.4, -0.2) is 37.3 Å². The first-order valence-electron chi connectivity index (χ1n) is 6.65. The van der Waals surface area contributed by atoms with Crippen molar-refractivity contribution in [2.45, 2.75) is 25.6 Å². The molecule has 1 aromatic rings. The summed E-state index contributed by atoms with van der Waals surface area (Å²) in [5, 5.41) is 3.11. The number of benzene rings is 1. The second kappa shape index (κ2) is 8.91. The lowest BCUT2D eigenvalue weighted by atomic mass is 9.96. The molecule has 2 nitrogen and oxygen atoms in total. The van der Waals surface area contributed by atoms with Crippen LogP contribution in [0.25, 0.3) is 0 Å². The van der Waals surface area contributed by atoms with Gasteiger partial charge in [-0.15, -0.1) is 24.8 Å². The van der Waals surface area contributed by atoms with Crippen LogP contribution in [0.3, 0.4) is 0 Å². The minimum Gasteiger partial charge on any atom is -0.314 e. The number of hydrogen-bond donors (Lipinski definition) is 1. The number of piperazine rings is 1. The summed E-state index contributed by atoms with van der Waals surface area (Å²) in [6, 6.07) is 3.54. The molecule has 0 bridgehead atoms. The van der Waals surface area contributed by atoms with E-state index in [1.165, 1.54) is 19.1 Å². The van der Waals surface area contributed by atoms with Gasteiger partial charge in [0.15, 0.2) is 0 Å². The fourth-order valence-corrected chi connectivity index (χ4v) is 2.63. The van der Waals surface area contributed by atoms with Crippen LogP contribution in [0.2, 0.25) is 0 Å². The van der Waals surface area contributed by atoms with E-state index in [0.717, 1.165) is 0 Å². The van der Waals surface area contributed by atoms with Gasteiger partial charge in [-0.1, -0.05) is 12.1 Å². The molecule has 8 heteroatoms. The average Bonchev–Trinajstić information content (AvgIpc) is 2.40. The van der Waals surface area contributed by atoms with Crippen LogP contribution in [0.5, 0.6) is 0 Å². The van der Waals surface area contributed by atoms with Gasteiger partial charge in [-0.2, -0.15) is 13.2 Å². The van der Waals surface area contributed by atoms with Gasteiger partial charge in [0.05, 0.1) is 6.42 Å². The lowest BCUT2D eigenvalue weighted by molar-refractivity contribution is -0.148. The third kappa shape index (κ3) is 5.57. The second-order valence-corrected chi connectivity index (χ2v) is 5.08. The molecule has 1 N–H and O–H groups in total. The van der Waals surface area contributed by atoms with E-state index in [0.29, 0.717) is 37.3 Å². The fourth-order valence-electron chi connectivity index (χ4n) is 2.63. The van der Waals surface area contributed by atoms with Crippen molar-refractivity contribution < 1.29 is 17.6 Å². The van der Waals surface area contributed by atoms with E-state index in [2.05, 4.69) is 5.32 Å². The third-order valence-corrected chi connectivity index (χ3v) is 3.69. The fraction of sp³-hybridized carbons (Fsp3) is 0.571. The minimum absolute atomic E-state index is 0. The van der Waals surface area contributed by atoms with Gasteiger partial charge in [0, 0.05) is 32.2 Å². The number of halogens is 6. The molecule has 128 valence electrons. The summed E-state index contributed by atoms with van der Waals surface area (Å²) in [4.78, 5) is 1.78. The highest BCUT2D eigenvalue weighted by molar-refractivity contribution is 5.85. The second-order valence-electron chi connectivity index (χ2n) is 5.08. The van der Waals surface area contributed by atoms with Crippen LogP contribution in [0.4, 0.5) is 17.6 Å². The maximum Gasteiger partial charge on any atom is 0.390 e. The van der Waals surface area contributed by atoms with E-state index < -0.39 is 24.5 Å². The Morgan fingerprint density at radius 3 is 2.32 bits per heavy atom. The summed E-state index contributed by atoms with van der Waals surface area (Å²) in [6.45, 7) is 3.93. The van der Waals surface area contributed by atoms with Crippen LogP contribution >= 0.6 is 24.8 Å². The standard InChI is InChI=1S/C14H18F4N2.2ClH/c1-10-11(3-2-4-12(10)15)13(9-14(16,17)18)20-7-5-19-6-8-20;;/h2-4,13,19H,5-9H2,1H3;2*1H/t13-;;/m1../s1. The lowest BCUT2D eigenvalue weighted by Gasteiger charge is -2.36. The predicted octanol–water partition coefficient (Wildman–Crippen LogP) is 3.88. The zero-order valence-electron chi connectivity index (χ0n) is 12.1. The van der Waals surface area contributed by atoms with Crippen LogP contribution in [0.1, 0.15) is 23.6 Å². The van der Waals surface area contributed by atoms with Gasteiger partial charge < -0.3 is 5.32 Å². The number of nitrogens with one attached hydrogen (secondary N) is 1. The molecular formula is C14H20Cl2F4N2. The summed E-state index contributed by atoms with van der Waals surface area (Å²) >= 11 is 0. The molecule has 0 saturated carbocycles. The SMILES string of the molecule is Cc1c(F)cccc1[C@@H](CC(F)(F)F)N1CCNCC1.Cl.Cl. The molecule has 0 radical (unpaired) electrons. The molecule has 1 aliphatic rings. The zero-order valence-corrected chi connectivity index (χ0v) is 13.8. The van der Waals surface area contributed by atoms with Crippen molar-refractivity contribution in [1.29, 1.82) is 0 Å². The highest BCUT2D eigenvalue weighted by atomic mass is 35.5. The largest absolute Gasteiger partial charge is 0.390 e. The number of hydrogen-bond acceptors (Lipinski definition) is 2. The normalized spacial score (nSPS) is 17.3. The highest BCUT2D eigenvalue weighted by Gasteiger charge is 2.36. The Bertz CT molecular complexity index is 463. The van der Waals surface area contributed by atoms with E-state index in [1.54, 1.807) is 11.0 Å². The molecule has 1 aromatic carbocycles. The number of rotatable bonds is 3. The molecular weight excluding hydrogens is 343 g/mol. The Morgan fingerprint density at radius 1 is 1.18 bits per heavy atom. The van der Waals surface area contributed by atoms with Gasteiger partial charge in [0.1, 0.15) is 5.82 Å². The van der Waals surface area contributed by atoms with Crippen molar-refractivity contribution >= 4 is 24.8 Å². The molecule has 22 heavy (non-hydrogen) atoms. The van der Waals surface area contributed by atoms with Crippen LogP contribution in [-0.2, 0) is 0 Å². The Hall–Kier alpha value is -0.560. The number of nitrogens with zero attached hydrogens (tertiary/aromatic N) is 1. The van der Waals surface area contributed by atoms with Crippen molar-refractivity contribution in [2.75, 3.05) is 26.2 Å². The summed E-state index contributed by atoms with van der Waals surface area (Å²) < 4.78 is 52.2. The van der Waals surface area contributed by atoms with Gasteiger partial charge in [-0.3, -0.25) is 4.90 Å². The molecule has 0 aliphatic carbocycles. The minimum atomic E-state index is -4.27. The summed E-state index contributed by atoms with van der Waals surface area (Å²) in [5.41, 5.74) is 0.740. The first-order chi connectivity index (χ1) is 9.38. The monoisotopic (exact) mass is 362 g/mol. The molecule has 0 aromatic heterocycles. The maximum atomic E-state index is 13.6. The molecule has 1 fully saturated rings. The van der Waals surface area contributed by atoms with Crippen LogP contribution < -0.4 is 5.32 Å². The maximum absolute atomic E-state index is 13.6. The Morgan fingerprint density at radius 2 is 1.77 bits per heavy atom.